The zero-order valence-corrected chi connectivity index (χ0v) is 18.0. The molecule has 0 aromatic carbocycles. The summed E-state index contributed by atoms with van der Waals surface area (Å²) in [6.07, 6.45) is 7.52. The van der Waals surface area contributed by atoms with Crippen LogP contribution in [0.1, 0.15) is 60.4 Å². The Morgan fingerprint density at radius 1 is 1.25 bits per heavy atom. The Labute approximate surface area is 184 Å². The minimum atomic E-state index is -3.14. The van der Waals surface area contributed by atoms with Gasteiger partial charge in [0, 0.05) is 37.9 Å². The molecule has 0 radical (unpaired) electrons. The van der Waals surface area contributed by atoms with Crippen LogP contribution in [0.15, 0.2) is 36.7 Å². The standard InChI is InChI=1S/C23H26F2N4O3/c1-23(24,25)20-5-3-4-16(26-20)22(31)28-18-12-29-11-17(27-21(29)10-19(18)32-2)15-8-6-14(13-30)7-9-15/h3-5,10-12,14-15,30H,6-9,13H2,1-2H3,(H,28,31)/t14-,15-. The molecule has 1 aliphatic carbocycles. The lowest BCUT2D eigenvalue weighted by Crippen LogP contribution is -2.18. The molecule has 0 unspecified atom stereocenters. The first-order chi connectivity index (χ1) is 15.3. The van der Waals surface area contributed by atoms with E-state index in [4.69, 9.17) is 9.72 Å². The molecule has 32 heavy (non-hydrogen) atoms. The number of halogens is 2. The normalized spacial score (nSPS) is 19.2. The van der Waals surface area contributed by atoms with Gasteiger partial charge in [0.2, 0.25) is 0 Å². The van der Waals surface area contributed by atoms with E-state index >= 15 is 0 Å². The van der Waals surface area contributed by atoms with Crippen molar-refractivity contribution in [2.75, 3.05) is 19.0 Å². The van der Waals surface area contributed by atoms with Gasteiger partial charge in [-0.3, -0.25) is 4.79 Å². The van der Waals surface area contributed by atoms with E-state index in [0.29, 0.717) is 28.9 Å². The van der Waals surface area contributed by atoms with Gasteiger partial charge in [-0.2, -0.15) is 8.78 Å². The van der Waals surface area contributed by atoms with Gasteiger partial charge in [0.05, 0.1) is 12.8 Å². The Morgan fingerprint density at radius 3 is 2.66 bits per heavy atom. The number of hydrogen-bond acceptors (Lipinski definition) is 5. The molecule has 0 atom stereocenters. The number of aliphatic hydroxyl groups is 1. The van der Waals surface area contributed by atoms with Crippen molar-refractivity contribution in [3.8, 4) is 5.75 Å². The third-order valence-electron chi connectivity index (χ3n) is 6.00. The number of aromatic nitrogens is 3. The van der Waals surface area contributed by atoms with E-state index in [1.54, 1.807) is 12.3 Å². The van der Waals surface area contributed by atoms with Gasteiger partial charge in [0.1, 0.15) is 28.5 Å². The van der Waals surface area contributed by atoms with Gasteiger partial charge < -0.3 is 19.6 Å². The second kappa shape index (κ2) is 8.82. The number of methoxy groups -OCH3 is 1. The third kappa shape index (κ3) is 4.57. The number of fused-ring (bicyclic) bond motifs is 1. The average Bonchev–Trinajstić information content (AvgIpc) is 3.21. The fraction of sp³-hybridized carbons (Fsp3) is 0.435. The van der Waals surface area contributed by atoms with Crippen molar-refractivity contribution in [2.45, 2.75) is 44.4 Å². The van der Waals surface area contributed by atoms with Crippen LogP contribution < -0.4 is 10.1 Å². The third-order valence-corrected chi connectivity index (χ3v) is 6.00. The topological polar surface area (TPSA) is 88.8 Å². The van der Waals surface area contributed by atoms with Crippen LogP contribution in [0.4, 0.5) is 14.5 Å². The number of nitrogens with zero attached hydrogens (tertiary/aromatic N) is 3. The van der Waals surface area contributed by atoms with Gasteiger partial charge in [-0.15, -0.1) is 0 Å². The fourth-order valence-electron chi connectivity index (χ4n) is 4.13. The van der Waals surface area contributed by atoms with Crippen LogP contribution in [0.25, 0.3) is 5.65 Å². The monoisotopic (exact) mass is 444 g/mol. The molecule has 0 spiro atoms. The second-order valence-corrected chi connectivity index (χ2v) is 8.34. The number of nitrogens with one attached hydrogen (secondary N) is 1. The molecule has 1 aliphatic rings. The number of pyridine rings is 2. The summed E-state index contributed by atoms with van der Waals surface area (Å²) in [6.45, 7) is 0.965. The quantitative estimate of drug-likeness (QED) is 0.590. The number of hydrogen-bond donors (Lipinski definition) is 2. The van der Waals surface area contributed by atoms with E-state index in [1.807, 2.05) is 10.6 Å². The van der Waals surface area contributed by atoms with Crippen LogP contribution in [0, 0.1) is 5.92 Å². The minimum absolute atomic E-state index is 0.113. The summed E-state index contributed by atoms with van der Waals surface area (Å²) < 4.78 is 34.4. The van der Waals surface area contributed by atoms with Crippen molar-refractivity contribution in [3.63, 3.8) is 0 Å². The van der Waals surface area contributed by atoms with Crippen LogP contribution in [0.2, 0.25) is 0 Å². The van der Waals surface area contributed by atoms with Crippen LogP contribution in [-0.4, -0.2) is 39.1 Å². The zero-order valence-electron chi connectivity index (χ0n) is 18.0. The maximum Gasteiger partial charge on any atom is 0.287 e. The lowest BCUT2D eigenvalue weighted by molar-refractivity contribution is 0.0126. The van der Waals surface area contributed by atoms with E-state index in [0.717, 1.165) is 38.3 Å². The van der Waals surface area contributed by atoms with E-state index < -0.39 is 17.5 Å². The van der Waals surface area contributed by atoms with Crippen molar-refractivity contribution in [1.29, 1.82) is 0 Å². The Bertz CT molecular complexity index is 1120. The number of aliphatic hydroxyl groups excluding tert-OH is 1. The predicted octanol–water partition coefficient (Wildman–Crippen LogP) is 4.37. The van der Waals surface area contributed by atoms with Gasteiger partial charge in [-0.1, -0.05) is 6.07 Å². The first kappa shape index (κ1) is 22.1. The Morgan fingerprint density at radius 2 is 2.00 bits per heavy atom. The summed E-state index contributed by atoms with van der Waals surface area (Å²) >= 11 is 0. The maximum atomic E-state index is 13.6. The highest BCUT2D eigenvalue weighted by Crippen LogP contribution is 2.36. The summed E-state index contributed by atoms with van der Waals surface area (Å²) in [5.41, 5.74) is 1.45. The highest BCUT2D eigenvalue weighted by molar-refractivity contribution is 6.03. The Kier molecular flexibility index (Phi) is 6.10. The number of anilines is 1. The highest BCUT2D eigenvalue weighted by Gasteiger charge is 2.27. The summed E-state index contributed by atoms with van der Waals surface area (Å²) in [4.78, 5) is 21.2. The van der Waals surface area contributed by atoms with Gasteiger partial charge in [0.25, 0.3) is 11.8 Å². The molecule has 2 N–H and O–H groups in total. The van der Waals surface area contributed by atoms with Crippen molar-refractivity contribution in [3.05, 3.63) is 53.7 Å². The maximum absolute atomic E-state index is 13.6. The van der Waals surface area contributed by atoms with Crippen LogP contribution in [0.3, 0.4) is 0 Å². The summed E-state index contributed by atoms with van der Waals surface area (Å²) in [7, 11) is 1.48. The van der Waals surface area contributed by atoms with E-state index in [-0.39, 0.29) is 12.3 Å². The smallest absolute Gasteiger partial charge is 0.287 e. The highest BCUT2D eigenvalue weighted by atomic mass is 19.3. The molecule has 0 bridgehead atoms. The van der Waals surface area contributed by atoms with Crippen molar-refractivity contribution in [1.82, 2.24) is 14.4 Å². The Hall–Kier alpha value is -3.07. The van der Waals surface area contributed by atoms with Crippen molar-refractivity contribution in [2.24, 2.45) is 5.92 Å². The molecular weight excluding hydrogens is 418 g/mol. The molecule has 3 aromatic rings. The summed E-state index contributed by atoms with van der Waals surface area (Å²) in [5, 5.41) is 12.1. The van der Waals surface area contributed by atoms with Gasteiger partial charge in [-0.05, 0) is 43.7 Å². The summed E-state index contributed by atoms with van der Waals surface area (Å²) in [6, 6.07) is 5.67. The molecule has 3 aromatic heterocycles. The number of ether oxygens (including phenoxy) is 1. The molecule has 1 saturated carbocycles. The fourth-order valence-corrected chi connectivity index (χ4v) is 4.13. The second-order valence-electron chi connectivity index (χ2n) is 8.34. The molecule has 0 aliphatic heterocycles. The van der Waals surface area contributed by atoms with Gasteiger partial charge in [-0.25, -0.2) is 9.97 Å². The molecule has 9 heteroatoms. The SMILES string of the molecule is COc1cc2nc([C@H]3CC[C@H](CO)CC3)cn2cc1NC(=O)c1cccc(C(C)(F)F)n1. The molecule has 1 fully saturated rings. The lowest BCUT2D eigenvalue weighted by Gasteiger charge is -2.25. The number of alkyl halides is 2. The average molecular weight is 444 g/mol. The molecule has 0 saturated heterocycles. The molecule has 1 amide bonds. The lowest BCUT2D eigenvalue weighted by atomic mass is 9.81. The van der Waals surface area contributed by atoms with E-state index in [1.165, 1.54) is 25.3 Å². The van der Waals surface area contributed by atoms with Crippen molar-refractivity contribution < 1.29 is 23.4 Å². The number of carbonyl (C=O) groups is 1. The van der Waals surface area contributed by atoms with Crippen molar-refractivity contribution >= 4 is 17.2 Å². The minimum Gasteiger partial charge on any atom is -0.494 e. The van der Waals surface area contributed by atoms with E-state index in [9.17, 15) is 18.7 Å². The zero-order chi connectivity index (χ0) is 22.9. The van der Waals surface area contributed by atoms with Crippen LogP contribution in [0.5, 0.6) is 5.75 Å². The number of rotatable bonds is 6. The molecule has 170 valence electrons. The van der Waals surface area contributed by atoms with Gasteiger partial charge >= 0.3 is 0 Å². The number of carbonyl (C=O) groups excluding carboxylic acids is 1. The largest absolute Gasteiger partial charge is 0.494 e. The van der Waals surface area contributed by atoms with Gasteiger partial charge in [0.15, 0.2) is 0 Å². The Balaban J connectivity index is 1.58. The number of amides is 1. The molecule has 4 rings (SSSR count). The number of imidazole rings is 1. The van der Waals surface area contributed by atoms with Crippen LogP contribution in [-0.2, 0) is 5.92 Å². The molecular formula is C23H26F2N4O3. The van der Waals surface area contributed by atoms with Crippen LogP contribution >= 0.6 is 0 Å². The first-order valence-electron chi connectivity index (χ1n) is 10.6. The summed E-state index contributed by atoms with van der Waals surface area (Å²) in [5.74, 6) is -2.66. The molecule has 3 heterocycles. The predicted molar refractivity (Wildman–Crippen MR) is 115 cm³/mol. The first-order valence-corrected chi connectivity index (χ1v) is 10.6. The molecule has 7 nitrogen and oxygen atoms in total. The van der Waals surface area contributed by atoms with E-state index in [2.05, 4.69) is 10.3 Å².